The summed E-state index contributed by atoms with van der Waals surface area (Å²) in [6.07, 6.45) is 14.8. The van der Waals surface area contributed by atoms with Gasteiger partial charge in [0.15, 0.2) is 5.16 Å². The van der Waals surface area contributed by atoms with E-state index in [0.717, 1.165) is 91.8 Å². The second-order valence-corrected chi connectivity index (χ2v) is 14.9. The van der Waals surface area contributed by atoms with Gasteiger partial charge < -0.3 is 19.5 Å². The molecule has 1 aliphatic heterocycles. The summed E-state index contributed by atoms with van der Waals surface area (Å²) in [5, 5.41) is 11.5. The number of aryl methyl sites for hydroxylation is 1. The zero-order chi connectivity index (χ0) is 31.7. The Morgan fingerprint density at radius 3 is 2.78 bits per heavy atom. The maximum absolute atomic E-state index is 12.0. The van der Waals surface area contributed by atoms with Gasteiger partial charge in [0.1, 0.15) is 5.75 Å². The Bertz CT molecular complexity index is 1600. The first-order valence-corrected chi connectivity index (χ1v) is 17.9. The summed E-state index contributed by atoms with van der Waals surface area (Å²) < 4.78 is 12.8. The second-order valence-electron chi connectivity index (χ2n) is 13.5. The first-order valence-electron chi connectivity index (χ1n) is 16.6. The summed E-state index contributed by atoms with van der Waals surface area (Å²) in [6, 6.07) is 13.5. The number of rotatable bonds is 9. The van der Waals surface area contributed by atoms with Crippen LogP contribution in [0.4, 0.5) is 5.69 Å². The number of aromatic carboxylic acids is 1. The molecule has 3 aromatic rings. The Balaban J connectivity index is 1.11. The highest BCUT2D eigenvalue weighted by atomic mass is 35.5. The number of thioether (sulfide) groups is 1. The molecule has 7 nitrogen and oxygen atoms in total. The summed E-state index contributed by atoms with van der Waals surface area (Å²) in [6.45, 7) is 2.19. The fourth-order valence-corrected chi connectivity index (χ4v) is 9.38. The highest BCUT2D eigenvalue weighted by Crippen LogP contribution is 2.48. The molecular weight excluding hydrogens is 618 g/mol. The van der Waals surface area contributed by atoms with Crippen LogP contribution < -0.4 is 9.64 Å². The minimum absolute atomic E-state index is 0.115. The standard InChI is InChI=1S/C37H42ClN3O4S/c1-44-34(25-7-5-24(6-8-25)21-46-36-39-16-3-17-40-36)30-12-9-28(30)20-41-22-37(15-2-4-26-18-29(38)11-13-31(26)37)23-45-33-14-10-27(35(42)43)19-32(33)41/h3,7,10-11,13-14,16-19,24,28,30,34H,2,4-6,8-9,12,15,20-23H2,1H3,(H,42,43)/t24-,28-,30+,34+,37?/m0/s1. The number of hydrogen-bond donors (Lipinski definition) is 1. The molecule has 0 bridgehead atoms. The molecule has 242 valence electrons. The molecule has 5 atom stereocenters. The molecule has 1 spiro atoms. The van der Waals surface area contributed by atoms with E-state index in [9.17, 15) is 9.90 Å². The van der Waals surface area contributed by atoms with Crippen LogP contribution in [-0.2, 0) is 16.6 Å². The van der Waals surface area contributed by atoms with E-state index in [1.165, 1.54) is 16.7 Å². The van der Waals surface area contributed by atoms with Gasteiger partial charge in [-0.2, -0.15) is 0 Å². The summed E-state index contributed by atoms with van der Waals surface area (Å²) in [5.41, 5.74) is 5.05. The Kier molecular flexibility index (Phi) is 9.30. The van der Waals surface area contributed by atoms with Crippen molar-refractivity contribution in [3.05, 3.63) is 88.2 Å². The van der Waals surface area contributed by atoms with E-state index in [1.807, 2.05) is 31.4 Å². The van der Waals surface area contributed by atoms with Gasteiger partial charge in [0, 0.05) is 48.8 Å². The minimum Gasteiger partial charge on any atom is -0.490 e. The lowest BCUT2D eigenvalue weighted by atomic mass is 9.66. The van der Waals surface area contributed by atoms with Crippen molar-refractivity contribution in [2.24, 2.45) is 17.8 Å². The third-order valence-corrected chi connectivity index (χ3v) is 12.1. The number of carbonyl (C=O) groups is 1. The van der Waals surface area contributed by atoms with E-state index >= 15 is 0 Å². The number of carboxylic acids is 1. The summed E-state index contributed by atoms with van der Waals surface area (Å²) in [5.74, 6) is 2.37. The van der Waals surface area contributed by atoms with Crippen molar-refractivity contribution in [2.45, 2.75) is 68.0 Å². The van der Waals surface area contributed by atoms with E-state index in [0.29, 0.717) is 24.4 Å². The molecule has 7 rings (SSSR count). The highest BCUT2D eigenvalue weighted by molar-refractivity contribution is 7.99. The molecule has 0 saturated heterocycles. The first kappa shape index (κ1) is 31.5. The largest absolute Gasteiger partial charge is 0.490 e. The third-order valence-electron chi connectivity index (χ3n) is 10.8. The zero-order valence-corrected chi connectivity index (χ0v) is 27.9. The number of benzene rings is 2. The van der Waals surface area contributed by atoms with Crippen molar-refractivity contribution in [2.75, 3.05) is 37.5 Å². The highest BCUT2D eigenvalue weighted by Gasteiger charge is 2.45. The van der Waals surface area contributed by atoms with Crippen LogP contribution in [0.5, 0.6) is 5.75 Å². The summed E-state index contributed by atoms with van der Waals surface area (Å²) in [4.78, 5) is 23.2. The Morgan fingerprint density at radius 1 is 1.17 bits per heavy atom. The van der Waals surface area contributed by atoms with Gasteiger partial charge >= 0.3 is 5.97 Å². The minimum atomic E-state index is -0.919. The number of aromatic nitrogens is 2. The van der Waals surface area contributed by atoms with Crippen molar-refractivity contribution in [1.29, 1.82) is 0 Å². The van der Waals surface area contributed by atoms with Crippen LogP contribution in [0.3, 0.4) is 0 Å². The Labute approximate surface area is 280 Å². The normalized spacial score (nSPS) is 26.2. The monoisotopic (exact) mass is 659 g/mol. The molecule has 1 fully saturated rings. The van der Waals surface area contributed by atoms with Crippen molar-refractivity contribution < 1.29 is 19.4 Å². The van der Waals surface area contributed by atoms with Crippen LogP contribution in [0.2, 0.25) is 5.02 Å². The molecule has 46 heavy (non-hydrogen) atoms. The number of hydrogen-bond acceptors (Lipinski definition) is 7. The lowest BCUT2D eigenvalue weighted by Gasteiger charge is -2.47. The maximum atomic E-state index is 12.0. The molecule has 0 radical (unpaired) electrons. The van der Waals surface area contributed by atoms with Gasteiger partial charge in [-0.05, 0) is 122 Å². The van der Waals surface area contributed by atoms with Gasteiger partial charge in [-0.15, -0.1) is 0 Å². The number of nitrogens with zero attached hydrogens (tertiary/aromatic N) is 3. The fraction of sp³-hybridized carbons (Fsp3) is 0.486. The van der Waals surface area contributed by atoms with Gasteiger partial charge in [0.2, 0.25) is 0 Å². The van der Waals surface area contributed by atoms with Gasteiger partial charge in [0.25, 0.3) is 0 Å². The number of anilines is 1. The van der Waals surface area contributed by atoms with Crippen LogP contribution in [0.25, 0.3) is 0 Å². The lowest BCUT2D eigenvalue weighted by molar-refractivity contribution is 0.00323. The van der Waals surface area contributed by atoms with Gasteiger partial charge in [0.05, 0.1) is 24.0 Å². The third kappa shape index (κ3) is 6.41. The van der Waals surface area contributed by atoms with E-state index in [1.54, 1.807) is 30.2 Å². The number of carboxylic acid groups (broad SMARTS) is 1. The smallest absolute Gasteiger partial charge is 0.335 e. The van der Waals surface area contributed by atoms with Crippen LogP contribution in [0.1, 0.15) is 66.4 Å². The van der Waals surface area contributed by atoms with Crippen LogP contribution >= 0.6 is 23.4 Å². The van der Waals surface area contributed by atoms with E-state index in [2.05, 4.69) is 33.1 Å². The maximum Gasteiger partial charge on any atom is 0.335 e. The number of allylic oxidation sites excluding steroid dienone is 1. The molecule has 1 saturated carbocycles. The topological polar surface area (TPSA) is 84.8 Å². The number of ether oxygens (including phenoxy) is 2. The molecule has 4 aliphatic rings. The molecule has 2 aromatic carbocycles. The number of halogens is 1. The van der Waals surface area contributed by atoms with Crippen molar-refractivity contribution in [1.82, 2.24) is 9.97 Å². The molecule has 1 unspecified atom stereocenters. The van der Waals surface area contributed by atoms with Crippen LogP contribution in [0, 0.1) is 17.8 Å². The molecule has 3 aliphatic carbocycles. The van der Waals surface area contributed by atoms with Gasteiger partial charge in [-0.3, -0.25) is 0 Å². The predicted molar refractivity (Wildman–Crippen MR) is 182 cm³/mol. The van der Waals surface area contributed by atoms with E-state index in [-0.39, 0.29) is 17.1 Å². The fourth-order valence-electron chi connectivity index (χ4n) is 8.22. The molecule has 1 aromatic heterocycles. The molecule has 0 amide bonds. The Morgan fingerprint density at radius 2 is 2.04 bits per heavy atom. The second kappa shape index (κ2) is 13.6. The van der Waals surface area contributed by atoms with E-state index in [4.69, 9.17) is 21.1 Å². The molecule has 1 N–H and O–H groups in total. The van der Waals surface area contributed by atoms with Crippen molar-refractivity contribution in [3.8, 4) is 5.75 Å². The number of fused-ring (bicyclic) bond motifs is 3. The van der Waals surface area contributed by atoms with Crippen molar-refractivity contribution in [3.63, 3.8) is 0 Å². The molecular formula is C37H42ClN3O4S. The van der Waals surface area contributed by atoms with Crippen LogP contribution in [-0.4, -0.2) is 59.7 Å². The Hall–Kier alpha value is -3.07. The SMILES string of the molecule is CO[C@H](C1=CC[C@H](CSc2ncccn2)CC1)[C@@H]1CC[C@H]1CN1CC2(CCCc3cc(Cl)ccc32)COc2ccc(C(=O)O)cc21. The zero-order valence-electron chi connectivity index (χ0n) is 26.4. The van der Waals surface area contributed by atoms with Crippen LogP contribution in [0.15, 0.2) is 71.7 Å². The first-order chi connectivity index (χ1) is 22.4. The van der Waals surface area contributed by atoms with Gasteiger partial charge in [-0.1, -0.05) is 35.5 Å². The van der Waals surface area contributed by atoms with Crippen molar-refractivity contribution >= 4 is 35.0 Å². The molecule has 2 heterocycles. The van der Waals surface area contributed by atoms with Gasteiger partial charge in [-0.25, -0.2) is 14.8 Å². The average molecular weight is 660 g/mol. The quantitative estimate of drug-likeness (QED) is 0.141. The predicted octanol–water partition coefficient (Wildman–Crippen LogP) is 7.86. The summed E-state index contributed by atoms with van der Waals surface area (Å²) >= 11 is 8.18. The lowest BCUT2D eigenvalue weighted by Crippen LogP contribution is -2.50. The average Bonchev–Trinajstić information content (AvgIpc) is 3.22. The summed E-state index contributed by atoms with van der Waals surface area (Å²) in [7, 11) is 1.86. The van der Waals surface area contributed by atoms with E-state index < -0.39 is 5.97 Å². The molecule has 9 heteroatoms. The number of methoxy groups -OCH3 is 1.